The van der Waals surface area contributed by atoms with E-state index in [4.69, 9.17) is 9.84 Å². The van der Waals surface area contributed by atoms with Gasteiger partial charge in [-0.3, -0.25) is 4.79 Å². The molecule has 17 heavy (non-hydrogen) atoms. The first-order valence-electron chi connectivity index (χ1n) is 4.98. The van der Waals surface area contributed by atoms with Gasteiger partial charge in [-0.15, -0.1) is 0 Å². The van der Waals surface area contributed by atoms with Crippen LogP contribution in [0, 0.1) is 0 Å². The van der Waals surface area contributed by atoms with E-state index in [1.807, 2.05) is 6.07 Å². The van der Waals surface area contributed by atoms with Crippen LogP contribution >= 0.6 is 15.9 Å². The third-order valence-corrected chi connectivity index (χ3v) is 2.85. The molecule has 0 aromatic heterocycles. The van der Waals surface area contributed by atoms with Crippen LogP contribution in [-0.4, -0.2) is 23.5 Å². The lowest BCUT2D eigenvalue weighted by molar-refractivity contribution is -0.131. The fraction of sp³-hybridized carbons (Fsp3) is 0.167. The van der Waals surface area contributed by atoms with Crippen LogP contribution in [0.2, 0.25) is 0 Å². The van der Waals surface area contributed by atoms with Crippen molar-refractivity contribution in [3.8, 4) is 5.75 Å². The number of halogens is 1. The summed E-state index contributed by atoms with van der Waals surface area (Å²) in [5, 5.41) is 8.48. The Bertz CT molecular complexity index is 519. The lowest BCUT2D eigenvalue weighted by Gasteiger charge is -2.05. The number of aliphatic carboxylic acids is 1. The number of hydrogen-bond donors (Lipinski definition) is 1. The highest BCUT2D eigenvalue weighted by molar-refractivity contribution is 9.10. The largest absolute Gasteiger partial charge is 0.492 e. The number of hydrogen-bond acceptors (Lipinski definition) is 3. The summed E-state index contributed by atoms with van der Waals surface area (Å²) in [7, 11) is 0. The van der Waals surface area contributed by atoms with E-state index in [0.29, 0.717) is 17.9 Å². The highest BCUT2D eigenvalue weighted by Crippen LogP contribution is 2.33. The second-order valence-electron chi connectivity index (χ2n) is 3.58. The fourth-order valence-electron chi connectivity index (χ4n) is 1.69. The summed E-state index contributed by atoms with van der Waals surface area (Å²) < 4.78 is 6.18. The molecular formula is C12H9BrO4. The van der Waals surface area contributed by atoms with E-state index in [-0.39, 0.29) is 5.78 Å². The molecule has 1 aromatic carbocycles. The molecule has 0 bridgehead atoms. The van der Waals surface area contributed by atoms with Crippen molar-refractivity contribution in [2.75, 3.05) is 6.61 Å². The van der Waals surface area contributed by atoms with E-state index in [1.54, 1.807) is 6.07 Å². The Morgan fingerprint density at radius 1 is 1.35 bits per heavy atom. The molecule has 1 aliphatic rings. The first-order valence-corrected chi connectivity index (χ1v) is 5.78. The lowest BCUT2D eigenvalue weighted by Crippen LogP contribution is -2.00. The van der Waals surface area contributed by atoms with Crippen molar-refractivity contribution >= 4 is 27.7 Å². The number of ether oxygens (including phenoxy) is 1. The lowest BCUT2D eigenvalue weighted by atomic mass is 10.0. The number of carboxylic acids is 1. The average Bonchev–Trinajstić information content (AvgIpc) is 2.72. The van der Waals surface area contributed by atoms with Crippen LogP contribution in [0.3, 0.4) is 0 Å². The van der Waals surface area contributed by atoms with Crippen LogP contribution in [0.4, 0.5) is 0 Å². The van der Waals surface area contributed by atoms with Crippen molar-refractivity contribution in [2.45, 2.75) is 6.42 Å². The minimum atomic E-state index is -1.15. The quantitative estimate of drug-likeness (QED) is 0.686. The van der Waals surface area contributed by atoms with Gasteiger partial charge in [-0.05, 0) is 23.8 Å². The third kappa shape index (κ3) is 2.55. The molecule has 0 fully saturated rings. The summed E-state index contributed by atoms with van der Waals surface area (Å²) in [6.45, 7) is 0.550. The molecule has 0 amide bonds. The summed E-state index contributed by atoms with van der Waals surface area (Å²) in [6.07, 6.45) is 2.62. The predicted octanol–water partition coefficient (Wildman–Crippen LogP) is 2.21. The number of benzene rings is 1. The molecule has 0 unspecified atom stereocenters. The molecular weight excluding hydrogens is 288 g/mol. The van der Waals surface area contributed by atoms with E-state index < -0.39 is 5.97 Å². The number of fused-ring (bicyclic) bond motifs is 1. The zero-order chi connectivity index (χ0) is 12.4. The fourth-order valence-corrected chi connectivity index (χ4v) is 2.19. The minimum absolute atomic E-state index is 0.369. The topological polar surface area (TPSA) is 63.6 Å². The Labute approximate surface area is 106 Å². The SMILES string of the molecule is O=C(O)/C=C/C(=O)c1cc(Br)cc2c1OCC2. The van der Waals surface area contributed by atoms with Gasteiger partial charge in [0.2, 0.25) is 0 Å². The van der Waals surface area contributed by atoms with Crippen LogP contribution in [0.1, 0.15) is 15.9 Å². The normalized spacial score (nSPS) is 13.5. The van der Waals surface area contributed by atoms with E-state index in [0.717, 1.165) is 28.6 Å². The van der Waals surface area contributed by atoms with Crippen LogP contribution in [0.15, 0.2) is 28.8 Å². The number of carbonyl (C=O) groups excluding carboxylic acids is 1. The molecule has 4 nitrogen and oxygen atoms in total. The van der Waals surface area contributed by atoms with Gasteiger partial charge in [-0.1, -0.05) is 15.9 Å². The summed E-state index contributed by atoms with van der Waals surface area (Å²) in [5.41, 5.74) is 1.36. The van der Waals surface area contributed by atoms with Gasteiger partial charge in [0.05, 0.1) is 12.2 Å². The summed E-state index contributed by atoms with van der Waals surface area (Å²) in [4.78, 5) is 22.2. The molecule has 1 heterocycles. The van der Waals surface area contributed by atoms with Crippen LogP contribution in [0.25, 0.3) is 0 Å². The molecule has 5 heteroatoms. The van der Waals surface area contributed by atoms with Gasteiger partial charge in [0.15, 0.2) is 5.78 Å². The summed E-state index contributed by atoms with van der Waals surface area (Å²) in [6, 6.07) is 3.54. The Kier molecular flexibility index (Phi) is 3.28. The first kappa shape index (κ1) is 11.9. The van der Waals surface area contributed by atoms with Crippen LogP contribution in [-0.2, 0) is 11.2 Å². The van der Waals surface area contributed by atoms with Crippen molar-refractivity contribution in [1.29, 1.82) is 0 Å². The van der Waals surface area contributed by atoms with Gasteiger partial charge in [0.1, 0.15) is 5.75 Å². The molecule has 2 rings (SSSR count). The second kappa shape index (κ2) is 4.71. The zero-order valence-corrected chi connectivity index (χ0v) is 10.4. The Morgan fingerprint density at radius 2 is 2.12 bits per heavy atom. The third-order valence-electron chi connectivity index (χ3n) is 2.39. The molecule has 1 aromatic rings. The summed E-state index contributed by atoms with van der Waals surface area (Å²) >= 11 is 3.32. The van der Waals surface area contributed by atoms with Gasteiger partial charge >= 0.3 is 5.97 Å². The maximum absolute atomic E-state index is 11.8. The van der Waals surface area contributed by atoms with E-state index in [1.165, 1.54) is 0 Å². The van der Waals surface area contributed by atoms with E-state index in [2.05, 4.69) is 15.9 Å². The Morgan fingerprint density at radius 3 is 2.82 bits per heavy atom. The van der Waals surface area contributed by atoms with Crippen LogP contribution in [0.5, 0.6) is 5.75 Å². The molecule has 0 saturated carbocycles. The van der Waals surface area contributed by atoms with Gasteiger partial charge < -0.3 is 9.84 Å². The monoisotopic (exact) mass is 296 g/mol. The first-order chi connectivity index (χ1) is 8.08. The summed E-state index contributed by atoms with van der Waals surface area (Å²) in [5.74, 6) is -0.953. The maximum Gasteiger partial charge on any atom is 0.328 e. The predicted molar refractivity (Wildman–Crippen MR) is 64.4 cm³/mol. The number of ketones is 1. The van der Waals surface area contributed by atoms with E-state index in [9.17, 15) is 9.59 Å². The second-order valence-corrected chi connectivity index (χ2v) is 4.49. The van der Waals surface area contributed by atoms with Gasteiger partial charge in [0, 0.05) is 17.0 Å². The number of carboxylic acid groups (broad SMARTS) is 1. The molecule has 0 radical (unpaired) electrons. The van der Waals surface area contributed by atoms with Gasteiger partial charge in [-0.25, -0.2) is 4.79 Å². The molecule has 88 valence electrons. The Balaban J connectivity index is 2.39. The maximum atomic E-state index is 11.8. The average molecular weight is 297 g/mol. The molecule has 1 N–H and O–H groups in total. The number of allylic oxidation sites excluding steroid dienone is 1. The van der Waals surface area contributed by atoms with E-state index >= 15 is 0 Å². The van der Waals surface area contributed by atoms with Gasteiger partial charge in [0.25, 0.3) is 0 Å². The standard InChI is InChI=1S/C12H9BrO4/c13-8-5-7-3-4-17-12(7)9(6-8)10(14)1-2-11(15)16/h1-2,5-6H,3-4H2,(H,15,16)/b2-1+. The number of rotatable bonds is 3. The Hall–Kier alpha value is -1.62. The zero-order valence-electron chi connectivity index (χ0n) is 8.77. The smallest absolute Gasteiger partial charge is 0.328 e. The van der Waals surface area contributed by atoms with Crippen molar-refractivity contribution in [2.24, 2.45) is 0 Å². The molecule has 0 saturated heterocycles. The highest BCUT2D eigenvalue weighted by atomic mass is 79.9. The molecule has 0 spiro atoms. The minimum Gasteiger partial charge on any atom is -0.492 e. The van der Waals surface area contributed by atoms with Crippen molar-refractivity contribution in [3.63, 3.8) is 0 Å². The van der Waals surface area contributed by atoms with Gasteiger partial charge in [-0.2, -0.15) is 0 Å². The van der Waals surface area contributed by atoms with Crippen LogP contribution < -0.4 is 4.74 Å². The van der Waals surface area contributed by atoms with Crippen molar-refractivity contribution < 1.29 is 19.4 Å². The molecule has 0 aliphatic carbocycles. The number of carbonyl (C=O) groups is 2. The molecule has 1 aliphatic heterocycles. The van der Waals surface area contributed by atoms with Crippen molar-refractivity contribution in [1.82, 2.24) is 0 Å². The van der Waals surface area contributed by atoms with Crippen molar-refractivity contribution in [3.05, 3.63) is 39.9 Å². The highest BCUT2D eigenvalue weighted by Gasteiger charge is 2.20. The molecule has 0 atom stereocenters.